The second-order valence-corrected chi connectivity index (χ2v) is 6.00. The molecule has 1 atom stereocenters. The predicted octanol–water partition coefficient (Wildman–Crippen LogP) is 3.77. The van der Waals surface area contributed by atoms with Gasteiger partial charge in [-0.2, -0.15) is 0 Å². The number of amides is 1. The maximum absolute atomic E-state index is 13.3. The van der Waals surface area contributed by atoms with Crippen molar-refractivity contribution in [3.63, 3.8) is 0 Å². The van der Waals surface area contributed by atoms with Gasteiger partial charge >= 0.3 is 5.97 Å². The van der Waals surface area contributed by atoms with Gasteiger partial charge < -0.3 is 10.1 Å². The Morgan fingerprint density at radius 2 is 1.81 bits per heavy atom. The number of ether oxygens (including phenoxy) is 1. The van der Waals surface area contributed by atoms with Crippen molar-refractivity contribution in [2.24, 2.45) is 5.92 Å². The maximum atomic E-state index is 13.3. The van der Waals surface area contributed by atoms with Gasteiger partial charge in [-0.3, -0.25) is 9.59 Å². The number of rotatable bonds is 7. The Balaban J connectivity index is 2.09. The standard InChI is InChI=1S/C19H18ClF2NO3/c1-2-26-19(25)13(8-12-6-4-3-5-7-12)11-23-18(24)14-9-16(21)17(22)10-15(14)20/h3-7,9-10,13H,2,8,11H2,1H3,(H,23,24). The Morgan fingerprint density at radius 1 is 1.15 bits per heavy atom. The number of carbonyl (C=O) groups is 2. The van der Waals surface area contributed by atoms with Gasteiger partial charge in [-0.1, -0.05) is 41.9 Å². The van der Waals surface area contributed by atoms with Crippen LogP contribution >= 0.6 is 11.6 Å². The number of hydrogen-bond acceptors (Lipinski definition) is 3. The zero-order valence-corrected chi connectivity index (χ0v) is 14.9. The molecule has 0 bridgehead atoms. The second-order valence-electron chi connectivity index (χ2n) is 5.59. The van der Waals surface area contributed by atoms with Crippen LogP contribution in [0.3, 0.4) is 0 Å². The molecule has 2 rings (SSSR count). The molecule has 0 aliphatic rings. The minimum Gasteiger partial charge on any atom is -0.466 e. The Labute approximate surface area is 155 Å². The summed E-state index contributed by atoms with van der Waals surface area (Å²) in [4.78, 5) is 24.4. The van der Waals surface area contributed by atoms with Crippen LogP contribution in [-0.2, 0) is 16.0 Å². The summed E-state index contributed by atoms with van der Waals surface area (Å²) in [6.45, 7) is 1.88. The fourth-order valence-electron chi connectivity index (χ4n) is 2.41. The number of benzene rings is 2. The summed E-state index contributed by atoms with van der Waals surface area (Å²) >= 11 is 5.79. The fourth-order valence-corrected chi connectivity index (χ4v) is 2.64. The van der Waals surface area contributed by atoms with Crippen LogP contribution in [0.15, 0.2) is 42.5 Å². The number of halogens is 3. The molecule has 0 aliphatic carbocycles. The summed E-state index contributed by atoms with van der Waals surface area (Å²) in [5.41, 5.74) is 0.707. The molecule has 26 heavy (non-hydrogen) atoms. The lowest BCUT2D eigenvalue weighted by atomic mass is 9.99. The normalized spacial score (nSPS) is 11.7. The molecule has 138 valence electrons. The van der Waals surface area contributed by atoms with E-state index in [2.05, 4.69) is 5.32 Å². The molecule has 1 unspecified atom stereocenters. The number of nitrogens with one attached hydrogen (secondary N) is 1. The molecular formula is C19H18ClF2NO3. The van der Waals surface area contributed by atoms with Gasteiger partial charge in [-0.25, -0.2) is 8.78 Å². The second kappa shape index (κ2) is 9.29. The highest BCUT2D eigenvalue weighted by Crippen LogP contribution is 2.20. The number of hydrogen-bond donors (Lipinski definition) is 1. The minimum atomic E-state index is -1.18. The molecule has 7 heteroatoms. The highest BCUT2D eigenvalue weighted by Gasteiger charge is 2.22. The molecule has 1 N–H and O–H groups in total. The smallest absolute Gasteiger partial charge is 0.311 e. The Hall–Kier alpha value is -2.47. The fraction of sp³-hybridized carbons (Fsp3) is 0.263. The molecule has 4 nitrogen and oxygen atoms in total. The van der Waals surface area contributed by atoms with Crippen LogP contribution in [0.25, 0.3) is 0 Å². The van der Waals surface area contributed by atoms with Gasteiger partial charge in [0.15, 0.2) is 11.6 Å². The SMILES string of the molecule is CCOC(=O)C(CNC(=O)c1cc(F)c(F)cc1Cl)Cc1ccccc1. The molecule has 0 heterocycles. The van der Waals surface area contributed by atoms with E-state index < -0.39 is 29.4 Å². The Morgan fingerprint density at radius 3 is 2.46 bits per heavy atom. The Bertz CT molecular complexity index is 784. The van der Waals surface area contributed by atoms with Gasteiger partial charge in [0, 0.05) is 6.54 Å². The van der Waals surface area contributed by atoms with E-state index in [9.17, 15) is 18.4 Å². The largest absolute Gasteiger partial charge is 0.466 e. The monoisotopic (exact) mass is 381 g/mol. The first-order valence-electron chi connectivity index (χ1n) is 8.05. The van der Waals surface area contributed by atoms with Crippen LogP contribution in [0.1, 0.15) is 22.8 Å². The first-order valence-corrected chi connectivity index (χ1v) is 8.43. The predicted molar refractivity (Wildman–Crippen MR) is 94.0 cm³/mol. The van der Waals surface area contributed by atoms with Crippen molar-refractivity contribution in [2.75, 3.05) is 13.2 Å². The summed E-state index contributed by atoms with van der Waals surface area (Å²) in [5.74, 6) is -4.08. The zero-order chi connectivity index (χ0) is 19.1. The summed E-state index contributed by atoms with van der Waals surface area (Å²) in [5, 5.41) is 2.32. The third kappa shape index (κ3) is 5.26. The molecule has 2 aromatic carbocycles. The lowest BCUT2D eigenvalue weighted by Gasteiger charge is -2.17. The summed E-state index contributed by atoms with van der Waals surface area (Å²) in [6.07, 6.45) is 0.367. The van der Waals surface area contributed by atoms with Crippen molar-refractivity contribution in [3.8, 4) is 0 Å². The Kier molecular flexibility index (Phi) is 7.09. The summed E-state index contributed by atoms with van der Waals surface area (Å²) in [7, 11) is 0. The van der Waals surface area contributed by atoms with Crippen LogP contribution in [0, 0.1) is 17.6 Å². The van der Waals surface area contributed by atoms with E-state index >= 15 is 0 Å². The van der Waals surface area contributed by atoms with Crippen molar-refractivity contribution in [2.45, 2.75) is 13.3 Å². The van der Waals surface area contributed by atoms with E-state index in [1.165, 1.54) is 0 Å². The molecule has 0 aromatic heterocycles. The van der Waals surface area contributed by atoms with Gasteiger partial charge in [0.05, 0.1) is 23.1 Å². The minimum absolute atomic E-state index is 0.0259. The molecule has 0 saturated heterocycles. The van der Waals surface area contributed by atoms with E-state index in [0.29, 0.717) is 6.42 Å². The lowest BCUT2D eigenvalue weighted by molar-refractivity contribution is -0.147. The highest BCUT2D eigenvalue weighted by atomic mass is 35.5. The zero-order valence-electron chi connectivity index (χ0n) is 14.1. The van der Waals surface area contributed by atoms with Gasteiger partial charge in [-0.15, -0.1) is 0 Å². The molecule has 0 saturated carbocycles. The maximum Gasteiger partial charge on any atom is 0.311 e. The topological polar surface area (TPSA) is 55.4 Å². The number of carbonyl (C=O) groups excluding carboxylic acids is 2. The average molecular weight is 382 g/mol. The third-order valence-electron chi connectivity index (χ3n) is 3.71. The highest BCUT2D eigenvalue weighted by molar-refractivity contribution is 6.33. The first kappa shape index (κ1) is 19.8. The van der Waals surface area contributed by atoms with E-state index in [0.717, 1.165) is 17.7 Å². The molecule has 1 amide bonds. The van der Waals surface area contributed by atoms with Crippen molar-refractivity contribution >= 4 is 23.5 Å². The number of esters is 1. The van der Waals surface area contributed by atoms with Crippen molar-refractivity contribution in [1.82, 2.24) is 5.32 Å². The van der Waals surface area contributed by atoms with Crippen LogP contribution in [0.2, 0.25) is 5.02 Å². The lowest BCUT2D eigenvalue weighted by Crippen LogP contribution is -2.35. The quantitative estimate of drug-likeness (QED) is 0.586. The first-order chi connectivity index (χ1) is 12.4. The molecule has 0 fully saturated rings. The van der Waals surface area contributed by atoms with E-state index in [4.69, 9.17) is 16.3 Å². The van der Waals surface area contributed by atoms with Crippen LogP contribution in [0.4, 0.5) is 8.78 Å². The molecule has 0 spiro atoms. The van der Waals surface area contributed by atoms with Crippen molar-refractivity contribution < 1.29 is 23.1 Å². The summed E-state index contributed by atoms with van der Waals surface area (Å²) in [6, 6.07) is 10.7. The van der Waals surface area contributed by atoms with Crippen molar-refractivity contribution in [1.29, 1.82) is 0 Å². The third-order valence-corrected chi connectivity index (χ3v) is 4.02. The summed E-state index contributed by atoms with van der Waals surface area (Å²) < 4.78 is 31.5. The van der Waals surface area contributed by atoms with E-state index in [-0.39, 0.29) is 23.7 Å². The van der Waals surface area contributed by atoms with Crippen LogP contribution < -0.4 is 5.32 Å². The van der Waals surface area contributed by atoms with Crippen molar-refractivity contribution in [3.05, 3.63) is 70.2 Å². The van der Waals surface area contributed by atoms with Crippen LogP contribution in [0.5, 0.6) is 0 Å². The molecule has 0 radical (unpaired) electrons. The molecule has 2 aromatic rings. The van der Waals surface area contributed by atoms with Gasteiger partial charge in [0.25, 0.3) is 5.91 Å². The average Bonchev–Trinajstić information content (AvgIpc) is 2.62. The van der Waals surface area contributed by atoms with E-state index in [1.807, 2.05) is 30.3 Å². The van der Waals surface area contributed by atoms with Crippen LogP contribution in [-0.4, -0.2) is 25.0 Å². The molecule has 0 aliphatic heterocycles. The van der Waals surface area contributed by atoms with Gasteiger partial charge in [-0.05, 0) is 31.0 Å². The van der Waals surface area contributed by atoms with Gasteiger partial charge in [0.2, 0.25) is 0 Å². The van der Waals surface area contributed by atoms with Gasteiger partial charge in [0.1, 0.15) is 0 Å². The molecular weight excluding hydrogens is 364 g/mol. The van der Waals surface area contributed by atoms with E-state index in [1.54, 1.807) is 6.92 Å².